The average Bonchev–Trinajstić information content (AvgIpc) is 2.46. The van der Waals surface area contributed by atoms with E-state index in [9.17, 15) is 8.42 Å². The Hall–Kier alpha value is -2.15. The molecule has 0 unspecified atom stereocenters. The molecule has 0 aliphatic heterocycles. The fraction of sp³-hybridized carbons (Fsp3) is 0.286. The zero-order valence-corrected chi connectivity index (χ0v) is 12.8. The van der Waals surface area contributed by atoms with Gasteiger partial charge in [0.25, 0.3) is 10.0 Å². The molecule has 6 nitrogen and oxygen atoms in total. The van der Waals surface area contributed by atoms with Crippen LogP contribution in [-0.4, -0.2) is 25.2 Å². The summed E-state index contributed by atoms with van der Waals surface area (Å²) in [5.41, 5.74) is 0.878. The summed E-state index contributed by atoms with van der Waals surface area (Å²) in [6.07, 6.45) is 0.976. The van der Waals surface area contributed by atoms with Gasteiger partial charge in [-0.3, -0.25) is 4.72 Å². The molecule has 1 heterocycles. The van der Waals surface area contributed by atoms with Crippen LogP contribution in [0.25, 0.3) is 0 Å². The monoisotopic (exact) mass is 306 g/mol. The molecule has 0 spiro atoms. The van der Waals surface area contributed by atoms with Gasteiger partial charge in [0, 0.05) is 6.54 Å². The molecule has 2 aromatic rings. The van der Waals surface area contributed by atoms with Gasteiger partial charge in [0.2, 0.25) is 0 Å². The zero-order valence-electron chi connectivity index (χ0n) is 12.0. The van der Waals surface area contributed by atoms with Gasteiger partial charge in [0.05, 0.1) is 4.90 Å². The number of aromatic nitrogens is 2. The molecule has 2 rings (SSSR count). The van der Waals surface area contributed by atoms with Crippen LogP contribution in [0.15, 0.2) is 41.3 Å². The fourth-order valence-electron chi connectivity index (χ4n) is 1.71. The molecule has 0 saturated carbocycles. The van der Waals surface area contributed by atoms with E-state index in [0.717, 1.165) is 18.5 Å². The summed E-state index contributed by atoms with van der Waals surface area (Å²) in [7, 11) is -3.64. The SMILES string of the molecule is CCCNc1ccc(NS(=O)(=O)c2cccc(C)c2)nn1. The number of aryl methyl sites for hydroxylation is 1. The second kappa shape index (κ2) is 6.53. The topological polar surface area (TPSA) is 84.0 Å². The highest BCUT2D eigenvalue weighted by molar-refractivity contribution is 7.92. The second-order valence-corrected chi connectivity index (χ2v) is 6.33. The molecule has 0 amide bonds. The number of benzene rings is 1. The Bertz CT molecular complexity index is 699. The summed E-state index contributed by atoms with van der Waals surface area (Å²) in [6.45, 7) is 4.68. The van der Waals surface area contributed by atoms with Crippen LogP contribution in [0.3, 0.4) is 0 Å². The number of anilines is 2. The van der Waals surface area contributed by atoms with Gasteiger partial charge in [-0.2, -0.15) is 0 Å². The first-order valence-electron chi connectivity index (χ1n) is 6.68. The molecule has 21 heavy (non-hydrogen) atoms. The number of nitrogens with one attached hydrogen (secondary N) is 2. The molecule has 0 bridgehead atoms. The van der Waals surface area contributed by atoms with E-state index >= 15 is 0 Å². The number of sulfonamides is 1. The fourth-order valence-corrected chi connectivity index (χ4v) is 2.81. The van der Waals surface area contributed by atoms with E-state index in [4.69, 9.17) is 0 Å². The highest BCUT2D eigenvalue weighted by Gasteiger charge is 2.15. The van der Waals surface area contributed by atoms with Crippen molar-refractivity contribution >= 4 is 21.7 Å². The van der Waals surface area contributed by atoms with Crippen molar-refractivity contribution in [1.82, 2.24) is 10.2 Å². The van der Waals surface area contributed by atoms with Crippen LogP contribution in [0.5, 0.6) is 0 Å². The van der Waals surface area contributed by atoms with Crippen molar-refractivity contribution in [3.8, 4) is 0 Å². The van der Waals surface area contributed by atoms with Crippen LogP contribution >= 0.6 is 0 Å². The van der Waals surface area contributed by atoms with Gasteiger partial charge in [-0.05, 0) is 43.2 Å². The van der Waals surface area contributed by atoms with E-state index in [0.29, 0.717) is 5.82 Å². The lowest BCUT2D eigenvalue weighted by Crippen LogP contribution is -2.14. The van der Waals surface area contributed by atoms with Crippen molar-refractivity contribution < 1.29 is 8.42 Å². The standard InChI is InChI=1S/C14H18N4O2S/c1-3-9-15-13-7-8-14(17-16-13)18-21(19,20)12-6-4-5-11(2)10-12/h4-8,10H,3,9H2,1-2H3,(H,15,16)(H,17,18). The minimum Gasteiger partial charge on any atom is -0.369 e. The van der Waals surface area contributed by atoms with Crippen molar-refractivity contribution in [3.63, 3.8) is 0 Å². The molecule has 112 valence electrons. The van der Waals surface area contributed by atoms with Crippen LogP contribution in [0.4, 0.5) is 11.6 Å². The number of rotatable bonds is 6. The Balaban J connectivity index is 2.13. The van der Waals surface area contributed by atoms with Gasteiger partial charge < -0.3 is 5.32 Å². The number of hydrogen-bond donors (Lipinski definition) is 2. The van der Waals surface area contributed by atoms with Gasteiger partial charge >= 0.3 is 0 Å². The maximum absolute atomic E-state index is 12.2. The van der Waals surface area contributed by atoms with E-state index in [-0.39, 0.29) is 10.7 Å². The van der Waals surface area contributed by atoms with Crippen LogP contribution in [0.1, 0.15) is 18.9 Å². The Morgan fingerprint density at radius 1 is 1.10 bits per heavy atom. The first-order chi connectivity index (χ1) is 10.0. The molecule has 7 heteroatoms. The molecule has 0 radical (unpaired) electrons. The quantitative estimate of drug-likeness (QED) is 0.856. The summed E-state index contributed by atoms with van der Waals surface area (Å²) in [5.74, 6) is 0.814. The largest absolute Gasteiger partial charge is 0.369 e. The molecular weight excluding hydrogens is 288 g/mol. The minimum atomic E-state index is -3.64. The van der Waals surface area contributed by atoms with E-state index in [1.165, 1.54) is 0 Å². The summed E-state index contributed by atoms with van der Waals surface area (Å²) in [6, 6.07) is 9.96. The van der Waals surface area contributed by atoms with Gasteiger partial charge in [0.1, 0.15) is 5.82 Å². The Morgan fingerprint density at radius 3 is 2.43 bits per heavy atom. The van der Waals surface area contributed by atoms with E-state index in [2.05, 4.69) is 20.2 Å². The third-order valence-corrected chi connectivity index (χ3v) is 4.11. The van der Waals surface area contributed by atoms with Gasteiger partial charge in [0.15, 0.2) is 5.82 Å². The Morgan fingerprint density at radius 2 is 1.81 bits per heavy atom. The summed E-state index contributed by atoms with van der Waals surface area (Å²) in [5, 5.41) is 10.9. The van der Waals surface area contributed by atoms with Crippen molar-refractivity contribution in [3.05, 3.63) is 42.0 Å². The molecule has 2 N–H and O–H groups in total. The Kier molecular flexibility index (Phi) is 4.74. The molecule has 0 atom stereocenters. The third kappa shape index (κ3) is 4.16. The number of nitrogens with zero attached hydrogens (tertiary/aromatic N) is 2. The molecule has 0 saturated heterocycles. The van der Waals surface area contributed by atoms with Crippen LogP contribution in [0, 0.1) is 6.92 Å². The van der Waals surface area contributed by atoms with Crippen LogP contribution in [-0.2, 0) is 10.0 Å². The highest BCUT2D eigenvalue weighted by atomic mass is 32.2. The molecule has 0 aliphatic carbocycles. The van der Waals surface area contributed by atoms with Crippen molar-refractivity contribution in [2.24, 2.45) is 0 Å². The first kappa shape index (κ1) is 15.2. The molecule has 1 aromatic carbocycles. The van der Waals surface area contributed by atoms with E-state index < -0.39 is 10.0 Å². The normalized spacial score (nSPS) is 11.1. The van der Waals surface area contributed by atoms with Crippen molar-refractivity contribution in [2.45, 2.75) is 25.2 Å². The first-order valence-corrected chi connectivity index (χ1v) is 8.16. The van der Waals surface area contributed by atoms with Crippen molar-refractivity contribution in [1.29, 1.82) is 0 Å². The minimum absolute atomic E-state index is 0.193. The molecule has 0 fully saturated rings. The van der Waals surface area contributed by atoms with Crippen LogP contribution < -0.4 is 10.0 Å². The molecule has 1 aromatic heterocycles. The average molecular weight is 306 g/mol. The lowest BCUT2D eigenvalue weighted by Gasteiger charge is -2.08. The van der Waals surface area contributed by atoms with Crippen LogP contribution in [0.2, 0.25) is 0 Å². The lowest BCUT2D eigenvalue weighted by molar-refractivity contribution is 0.601. The summed E-state index contributed by atoms with van der Waals surface area (Å²) < 4.78 is 26.8. The zero-order chi connectivity index (χ0) is 15.3. The predicted octanol–water partition coefficient (Wildman–Crippen LogP) is 2.41. The molecule has 0 aliphatic rings. The maximum atomic E-state index is 12.2. The van der Waals surface area contributed by atoms with Gasteiger partial charge in [-0.15, -0.1) is 10.2 Å². The van der Waals surface area contributed by atoms with Gasteiger partial charge in [-0.25, -0.2) is 8.42 Å². The van der Waals surface area contributed by atoms with Gasteiger partial charge in [-0.1, -0.05) is 19.1 Å². The lowest BCUT2D eigenvalue weighted by atomic mass is 10.2. The maximum Gasteiger partial charge on any atom is 0.263 e. The van der Waals surface area contributed by atoms with Crippen molar-refractivity contribution in [2.75, 3.05) is 16.6 Å². The third-order valence-electron chi connectivity index (χ3n) is 2.76. The smallest absolute Gasteiger partial charge is 0.263 e. The van der Waals surface area contributed by atoms with E-state index in [1.807, 2.05) is 19.9 Å². The molecular formula is C14H18N4O2S. The number of hydrogen-bond acceptors (Lipinski definition) is 5. The summed E-state index contributed by atoms with van der Waals surface area (Å²) in [4.78, 5) is 0.206. The van der Waals surface area contributed by atoms with E-state index in [1.54, 1.807) is 30.3 Å². The highest BCUT2D eigenvalue weighted by Crippen LogP contribution is 2.15. The predicted molar refractivity (Wildman–Crippen MR) is 82.8 cm³/mol. The Labute approximate surface area is 124 Å². The summed E-state index contributed by atoms with van der Waals surface area (Å²) >= 11 is 0. The second-order valence-electron chi connectivity index (χ2n) is 4.65.